The van der Waals surface area contributed by atoms with Gasteiger partial charge in [0.05, 0.1) is 5.69 Å². The predicted octanol–water partition coefficient (Wildman–Crippen LogP) is 3.37. The summed E-state index contributed by atoms with van der Waals surface area (Å²) in [6.45, 7) is 1.85. The highest BCUT2D eigenvalue weighted by Crippen LogP contribution is 2.25. The molecule has 0 aliphatic rings. The molecule has 1 aromatic heterocycles. The van der Waals surface area contributed by atoms with Crippen molar-refractivity contribution < 1.29 is 9.53 Å². The maximum absolute atomic E-state index is 12.3. The first-order valence-corrected chi connectivity index (χ1v) is 6.51. The van der Waals surface area contributed by atoms with Crippen molar-refractivity contribution in [2.75, 3.05) is 12.4 Å². The highest BCUT2D eigenvalue weighted by Gasteiger charge is 2.21. The Morgan fingerprint density at radius 3 is 2.60 bits per heavy atom. The van der Waals surface area contributed by atoms with Crippen LogP contribution in [0.1, 0.15) is 17.2 Å². The zero-order valence-electron chi connectivity index (χ0n) is 11.3. The third-order valence-corrected chi connectivity index (χ3v) is 3.22. The number of anilines is 1. The van der Waals surface area contributed by atoms with Crippen LogP contribution in [0.3, 0.4) is 0 Å². The van der Waals surface area contributed by atoms with Gasteiger partial charge in [0, 0.05) is 13.3 Å². The van der Waals surface area contributed by atoms with Crippen LogP contribution in [0, 0.1) is 6.92 Å². The van der Waals surface area contributed by atoms with Gasteiger partial charge in [0.25, 0.3) is 5.91 Å². The molecule has 0 aliphatic carbocycles. The van der Waals surface area contributed by atoms with Crippen LogP contribution in [0.15, 0.2) is 42.6 Å². The molecule has 2 aromatic rings. The largest absolute Gasteiger partial charge is 0.367 e. The number of carbonyl (C=O) groups is 1. The average molecular weight is 291 g/mol. The number of halogens is 1. The van der Waals surface area contributed by atoms with E-state index in [9.17, 15) is 4.79 Å². The van der Waals surface area contributed by atoms with Gasteiger partial charge in [0.2, 0.25) is 0 Å². The Bertz CT molecular complexity index is 582. The van der Waals surface area contributed by atoms with Gasteiger partial charge in [0.1, 0.15) is 0 Å². The van der Waals surface area contributed by atoms with Crippen molar-refractivity contribution in [1.82, 2.24) is 4.98 Å². The highest BCUT2D eigenvalue weighted by molar-refractivity contribution is 6.32. The fraction of sp³-hybridized carbons (Fsp3) is 0.200. The maximum atomic E-state index is 12.3. The normalized spacial score (nSPS) is 11.9. The Balaban J connectivity index is 2.23. The summed E-state index contributed by atoms with van der Waals surface area (Å²) in [5.41, 5.74) is 2.14. The van der Waals surface area contributed by atoms with Crippen LogP contribution in [-0.4, -0.2) is 18.0 Å². The third-order valence-electron chi connectivity index (χ3n) is 2.94. The number of benzene rings is 1. The number of ether oxygens (including phenoxy) is 1. The van der Waals surface area contributed by atoms with Crippen LogP contribution in [0.5, 0.6) is 0 Å². The molecule has 2 rings (SSSR count). The summed E-state index contributed by atoms with van der Waals surface area (Å²) in [6, 6.07) is 11.1. The van der Waals surface area contributed by atoms with Gasteiger partial charge < -0.3 is 10.1 Å². The lowest BCUT2D eigenvalue weighted by atomic mass is 10.1. The van der Waals surface area contributed by atoms with Crippen LogP contribution < -0.4 is 5.32 Å². The lowest BCUT2D eigenvalue weighted by molar-refractivity contribution is -0.126. The van der Waals surface area contributed by atoms with E-state index in [0.717, 1.165) is 11.1 Å². The van der Waals surface area contributed by atoms with E-state index in [1.165, 1.54) is 7.11 Å². The Hall–Kier alpha value is -1.91. The van der Waals surface area contributed by atoms with E-state index in [2.05, 4.69) is 10.3 Å². The lowest BCUT2D eigenvalue weighted by Crippen LogP contribution is -2.23. The number of nitrogens with zero attached hydrogens (tertiary/aromatic N) is 1. The average Bonchev–Trinajstić information content (AvgIpc) is 2.45. The fourth-order valence-electron chi connectivity index (χ4n) is 1.89. The van der Waals surface area contributed by atoms with E-state index in [4.69, 9.17) is 16.3 Å². The van der Waals surface area contributed by atoms with E-state index in [1.54, 1.807) is 12.3 Å². The van der Waals surface area contributed by atoms with Gasteiger partial charge in [-0.3, -0.25) is 4.79 Å². The van der Waals surface area contributed by atoms with Gasteiger partial charge in [-0.15, -0.1) is 0 Å². The molecule has 0 saturated carbocycles. The Labute approximate surface area is 122 Å². The number of hydrogen-bond acceptors (Lipinski definition) is 3. The summed E-state index contributed by atoms with van der Waals surface area (Å²) in [5.74, 6) is -0.281. The minimum atomic E-state index is -0.688. The summed E-state index contributed by atoms with van der Waals surface area (Å²) in [4.78, 5) is 16.3. The smallest absolute Gasteiger partial charge is 0.258 e. The zero-order valence-corrected chi connectivity index (χ0v) is 12.0. The van der Waals surface area contributed by atoms with E-state index < -0.39 is 6.10 Å². The minimum absolute atomic E-state index is 0.265. The van der Waals surface area contributed by atoms with Gasteiger partial charge in [-0.2, -0.15) is 0 Å². The summed E-state index contributed by atoms with van der Waals surface area (Å²) in [6.07, 6.45) is 0.907. The number of aromatic nitrogens is 1. The van der Waals surface area contributed by atoms with E-state index in [1.807, 2.05) is 37.3 Å². The Kier molecular flexibility index (Phi) is 4.71. The molecule has 1 unspecified atom stereocenters. The first-order valence-electron chi connectivity index (χ1n) is 6.13. The Morgan fingerprint density at radius 2 is 2.00 bits per heavy atom. The molecule has 0 spiro atoms. The molecule has 20 heavy (non-hydrogen) atoms. The fourth-order valence-corrected chi connectivity index (χ4v) is 2.14. The van der Waals surface area contributed by atoms with Crippen molar-refractivity contribution in [3.63, 3.8) is 0 Å². The summed E-state index contributed by atoms with van der Waals surface area (Å²) in [5, 5.41) is 3.03. The standard InChI is InChI=1S/C15H15ClN2O2/c1-10-8-9-17-14(16)12(10)18-15(19)13(20-2)11-6-4-3-5-7-11/h3-9,13H,1-2H3,(H,18,19). The molecule has 1 heterocycles. The highest BCUT2D eigenvalue weighted by atomic mass is 35.5. The summed E-state index contributed by atoms with van der Waals surface area (Å²) < 4.78 is 5.27. The third kappa shape index (κ3) is 3.15. The van der Waals surface area contributed by atoms with Crippen molar-refractivity contribution in [2.24, 2.45) is 0 Å². The molecule has 5 heteroatoms. The first kappa shape index (κ1) is 14.5. The minimum Gasteiger partial charge on any atom is -0.367 e. The molecule has 1 aromatic carbocycles. The molecule has 1 N–H and O–H groups in total. The van der Waals surface area contributed by atoms with Crippen molar-refractivity contribution in [2.45, 2.75) is 13.0 Å². The molecular weight excluding hydrogens is 276 g/mol. The van der Waals surface area contributed by atoms with Crippen LogP contribution in [-0.2, 0) is 9.53 Å². The van der Waals surface area contributed by atoms with Crippen LogP contribution >= 0.6 is 11.6 Å². The van der Waals surface area contributed by atoms with E-state index >= 15 is 0 Å². The second-order valence-electron chi connectivity index (χ2n) is 4.31. The summed E-state index contributed by atoms with van der Waals surface area (Å²) >= 11 is 6.00. The molecule has 0 fully saturated rings. The number of nitrogens with one attached hydrogen (secondary N) is 1. The molecule has 1 atom stereocenters. The molecule has 0 saturated heterocycles. The van der Waals surface area contributed by atoms with Gasteiger partial charge >= 0.3 is 0 Å². The number of aryl methyl sites for hydroxylation is 1. The van der Waals surface area contributed by atoms with Crippen LogP contribution in [0.2, 0.25) is 5.15 Å². The van der Waals surface area contributed by atoms with Crippen LogP contribution in [0.25, 0.3) is 0 Å². The SMILES string of the molecule is COC(C(=O)Nc1c(C)ccnc1Cl)c1ccccc1. The predicted molar refractivity (Wildman–Crippen MR) is 78.8 cm³/mol. The van der Waals surface area contributed by atoms with Gasteiger partial charge in [0.15, 0.2) is 11.3 Å². The topological polar surface area (TPSA) is 51.2 Å². The first-order chi connectivity index (χ1) is 9.63. The van der Waals surface area contributed by atoms with Crippen molar-refractivity contribution in [1.29, 1.82) is 0 Å². The van der Waals surface area contributed by atoms with Gasteiger partial charge in [-0.1, -0.05) is 41.9 Å². The molecule has 0 aliphatic heterocycles. The van der Waals surface area contributed by atoms with Gasteiger partial charge in [-0.05, 0) is 24.1 Å². The second kappa shape index (κ2) is 6.50. The second-order valence-corrected chi connectivity index (χ2v) is 4.67. The summed E-state index contributed by atoms with van der Waals surface area (Å²) in [7, 11) is 1.49. The number of pyridine rings is 1. The van der Waals surface area contributed by atoms with Crippen LogP contribution in [0.4, 0.5) is 5.69 Å². The van der Waals surface area contributed by atoms with Gasteiger partial charge in [-0.25, -0.2) is 4.98 Å². The lowest BCUT2D eigenvalue weighted by Gasteiger charge is -2.17. The van der Waals surface area contributed by atoms with E-state index in [-0.39, 0.29) is 11.1 Å². The van der Waals surface area contributed by atoms with Crippen molar-refractivity contribution in [3.05, 3.63) is 58.9 Å². The van der Waals surface area contributed by atoms with Crippen molar-refractivity contribution >= 4 is 23.2 Å². The number of carbonyl (C=O) groups excluding carboxylic acids is 1. The molecule has 0 bridgehead atoms. The zero-order chi connectivity index (χ0) is 14.5. The Morgan fingerprint density at radius 1 is 1.30 bits per heavy atom. The number of rotatable bonds is 4. The monoisotopic (exact) mass is 290 g/mol. The quantitative estimate of drug-likeness (QED) is 0.878. The van der Waals surface area contributed by atoms with Crippen molar-refractivity contribution in [3.8, 4) is 0 Å². The number of methoxy groups -OCH3 is 1. The molecular formula is C15H15ClN2O2. The molecule has 104 valence electrons. The number of amides is 1. The maximum Gasteiger partial charge on any atom is 0.258 e. The molecule has 0 radical (unpaired) electrons. The molecule has 1 amide bonds. The number of hydrogen-bond donors (Lipinski definition) is 1. The molecule has 4 nitrogen and oxygen atoms in total. The van der Waals surface area contributed by atoms with E-state index in [0.29, 0.717) is 5.69 Å².